The molecule has 164 valence electrons. The lowest BCUT2D eigenvalue weighted by Gasteiger charge is -2.61. The first-order valence-electron chi connectivity index (χ1n) is 12.1. The van der Waals surface area contributed by atoms with Gasteiger partial charge >= 0.3 is 0 Å². The van der Waals surface area contributed by atoms with Crippen molar-refractivity contribution in [3.63, 3.8) is 0 Å². The molecule has 3 unspecified atom stereocenters. The molecular weight excluding hydrogens is 360 g/mol. The Bertz CT molecular complexity index is 647. The summed E-state index contributed by atoms with van der Waals surface area (Å²) in [6.07, 6.45) is 15.8. The molecule has 4 saturated carbocycles. The maximum atomic E-state index is 10.5. The van der Waals surface area contributed by atoms with Crippen LogP contribution in [0.1, 0.15) is 78.6 Å². The highest BCUT2D eigenvalue weighted by Gasteiger charge is 2.59. The molecule has 3 N–H and O–H groups in total. The SMILES string of the molecule is CC(C=NOCCN)=CC1CC[C@H]2[C@@H]3CCC4CCC(O)C[C@]4(C)[C@@H]3CC[C@]12C. The van der Waals surface area contributed by atoms with Crippen molar-refractivity contribution in [1.29, 1.82) is 0 Å². The lowest BCUT2D eigenvalue weighted by atomic mass is 9.44. The van der Waals surface area contributed by atoms with Gasteiger partial charge in [0, 0.05) is 6.54 Å². The molecule has 4 aliphatic carbocycles. The van der Waals surface area contributed by atoms with Gasteiger partial charge in [-0.05, 0) is 111 Å². The van der Waals surface area contributed by atoms with Crippen molar-refractivity contribution in [1.82, 2.24) is 0 Å². The number of hydrogen-bond donors (Lipinski definition) is 2. The van der Waals surface area contributed by atoms with Gasteiger partial charge in [-0.3, -0.25) is 0 Å². The number of nitrogens with zero attached hydrogens (tertiary/aromatic N) is 1. The third kappa shape index (κ3) is 3.80. The van der Waals surface area contributed by atoms with E-state index >= 15 is 0 Å². The first-order valence-corrected chi connectivity index (χ1v) is 12.1. The fourth-order valence-electron chi connectivity index (χ4n) is 8.23. The fourth-order valence-corrected chi connectivity index (χ4v) is 8.23. The smallest absolute Gasteiger partial charge is 0.129 e. The molecule has 0 radical (unpaired) electrons. The number of allylic oxidation sites excluding steroid dienone is 2. The van der Waals surface area contributed by atoms with Crippen LogP contribution in [0.15, 0.2) is 16.8 Å². The molecule has 0 bridgehead atoms. The van der Waals surface area contributed by atoms with E-state index in [0.717, 1.165) is 36.5 Å². The van der Waals surface area contributed by atoms with E-state index in [1.807, 2.05) is 6.21 Å². The normalized spacial score (nSPS) is 47.6. The summed E-state index contributed by atoms with van der Waals surface area (Å²) in [4.78, 5) is 5.17. The number of aliphatic hydroxyl groups excluding tert-OH is 1. The number of nitrogens with two attached hydrogens (primary N) is 1. The summed E-state index contributed by atoms with van der Waals surface area (Å²) in [6.45, 7) is 8.23. The molecule has 4 aliphatic rings. The van der Waals surface area contributed by atoms with E-state index in [1.165, 1.54) is 50.5 Å². The van der Waals surface area contributed by atoms with Gasteiger partial charge < -0.3 is 15.7 Å². The van der Waals surface area contributed by atoms with Crippen LogP contribution in [0, 0.1) is 40.4 Å². The molecule has 4 nitrogen and oxygen atoms in total. The zero-order valence-corrected chi connectivity index (χ0v) is 18.8. The average molecular weight is 403 g/mol. The van der Waals surface area contributed by atoms with E-state index in [4.69, 9.17) is 10.6 Å². The Kier molecular flexibility index (Phi) is 6.14. The Balaban J connectivity index is 1.49. The summed E-state index contributed by atoms with van der Waals surface area (Å²) in [6, 6.07) is 0. The lowest BCUT2D eigenvalue weighted by molar-refractivity contribution is -0.128. The van der Waals surface area contributed by atoms with Crippen LogP contribution in [-0.2, 0) is 4.84 Å². The standard InChI is InChI=1S/C25H42N2O2/c1-17(16-27-29-13-12-26)14-19-6-9-22-21-8-5-18-4-7-20(28)15-25(18,3)23(21)10-11-24(19,22)2/h14,16,18-23,28H,4-13,15,26H2,1-3H3/t18?,19?,20?,21-,22-,23+,24+,25-/m0/s1. The summed E-state index contributed by atoms with van der Waals surface area (Å²) in [5.41, 5.74) is 7.46. The van der Waals surface area contributed by atoms with Crippen molar-refractivity contribution in [2.45, 2.75) is 84.7 Å². The van der Waals surface area contributed by atoms with Gasteiger partial charge in [0.15, 0.2) is 0 Å². The molecule has 0 amide bonds. The number of rotatable bonds is 5. The van der Waals surface area contributed by atoms with Crippen LogP contribution in [0.5, 0.6) is 0 Å². The minimum Gasteiger partial charge on any atom is -0.394 e. The number of fused-ring (bicyclic) bond motifs is 5. The van der Waals surface area contributed by atoms with Gasteiger partial charge in [0.05, 0.1) is 12.3 Å². The van der Waals surface area contributed by atoms with Crippen LogP contribution in [0.3, 0.4) is 0 Å². The zero-order chi connectivity index (χ0) is 20.6. The Morgan fingerprint density at radius 2 is 1.83 bits per heavy atom. The quantitative estimate of drug-likeness (QED) is 0.390. The summed E-state index contributed by atoms with van der Waals surface area (Å²) in [5, 5.41) is 14.5. The maximum Gasteiger partial charge on any atom is 0.129 e. The molecule has 0 heterocycles. The Morgan fingerprint density at radius 3 is 2.62 bits per heavy atom. The van der Waals surface area contributed by atoms with Crippen molar-refractivity contribution in [3.05, 3.63) is 11.6 Å². The van der Waals surface area contributed by atoms with Crippen molar-refractivity contribution >= 4 is 6.21 Å². The monoisotopic (exact) mass is 402 g/mol. The molecule has 0 aromatic heterocycles. The average Bonchev–Trinajstić information content (AvgIpc) is 3.01. The first-order chi connectivity index (χ1) is 13.9. The molecule has 0 aromatic carbocycles. The number of oxime groups is 1. The van der Waals surface area contributed by atoms with Crippen LogP contribution in [0.4, 0.5) is 0 Å². The van der Waals surface area contributed by atoms with E-state index < -0.39 is 0 Å². The minimum atomic E-state index is -0.0639. The first kappa shape index (κ1) is 21.4. The second-order valence-electron chi connectivity index (χ2n) is 11.1. The molecule has 4 rings (SSSR count). The van der Waals surface area contributed by atoms with E-state index in [9.17, 15) is 5.11 Å². The van der Waals surface area contributed by atoms with Gasteiger partial charge in [0.25, 0.3) is 0 Å². The largest absolute Gasteiger partial charge is 0.394 e. The second kappa shape index (κ2) is 8.34. The van der Waals surface area contributed by atoms with E-state index in [-0.39, 0.29) is 6.10 Å². The van der Waals surface area contributed by atoms with Gasteiger partial charge in [-0.2, -0.15) is 0 Å². The van der Waals surface area contributed by atoms with Crippen LogP contribution in [0.2, 0.25) is 0 Å². The van der Waals surface area contributed by atoms with Gasteiger partial charge in [-0.1, -0.05) is 25.1 Å². The summed E-state index contributed by atoms with van der Waals surface area (Å²) in [5.74, 6) is 4.03. The molecule has 0 aliphatic heterocycles. The Hall–Kier alpha value is -0.870. The highest BCUT2D eigenvalue weighted by atomic mass is 16.6. The van der Waals surface area contributed by atoms with Gasteiger partial charge in [0.2, 0.25) is 0 Å². The summed E-state index contributed by atoms with van der Waals surface area (Å²) in [7, 11) is 0. The molecule has 0 aromatic rings. The third-order valence-corrected chi connectivity index (χ3v) is 9.67. The van der Waals surface area contributed by atoms with Gasteiger partial charge in [0.1, 0.15) is 6.61 Å². The van der Waals surface area contributed by atoms with Gasteiger partial charge in [-0.15, -0.1) is 0 Å². The Morgan fingerprint density at radius 1 is 1.07 bits per heavy atom. The van der Waals surface area contributed by atoms with E-state index in [2.05, 4.69) is 32.0 Å². The molecule has 29 heavy (non-hydrogen) atoms. The van der Waals surface area contributed by atoms with Crippen LogP contribution in [-0.4, -0.2) is 30.6 Å². The van der Waals surface area contributed by atoms with Crippen LogP contribution < -0.4 is 5.73 Å². The third-order valence-electron chi connectivity index (χ3n) is 9.67. The van der Waals surface area contributed by atoms with Gasteiger partial charge in [-0.25, -0.2) is 0 Å². The summed E-state index contributed by atoms with van der Waals surface area (Å²) >= 11 is 0. The maximum absolute atomic E-state index is 10.5. The molecular formula is C25H42N2O2. The van der Waals surface area contributed by atoms with Crippen molar-refractivity contribution in [2.75, 3.05) is 13.2 Å². The predicted octanol–water partition coefficient (Wildman–Crippen LogP) is 4.91. The second-order valence-corrected chi connectivity index (χ2v) is 11.1. The summed E-state index contributed by atoms with van der Waals surface area (Å²) < 4.78 is 0. The van der Waals surface area contributed by atoms with Crippen molar-refractivity contribution in [3.8, 4) is 0 Å². The number of hydrogen-bond acceptors (Lipinski definition) is 4. The zero-order valence-electron chi connectivity index (χ0n) is 18.8. The van der Waals surface area contributed by atoms with Crippen LogP contribution >= 0.6 is 0 Å². The van der Waals surface area contributed by atoms with Crippen molar-refractivity contribution in [2.24, 2.45) is 51.3 Å². The minimum absolute atomic E-state index is 0.0639. The number of aliphatic hydroxyl groups is 1. The lowest BCUT2D eigenvalue weighted by Crippen LogP contribution is -2.54. The van der Waals surface area contributed by atoms with E-state index in [0.29, 0.717) is 29.9 Å². The molecule has 0 saturated heterocycles. The predicted molar refractivity (Wildman–Crippen MR) is 118 cm³/mol. The highest BCUT2D eigenvalue weighted by Crippen LogP contribution is 2.67. The molecule has 4 fully saturated rings. The highest BCUT2D eigenvalue weighted by molar-refractivity contribution is 5.77. The van der Waals surface area contributed by atoms with Crippen molar-refractivity contribution < 1.29 is 9.94 Å². The molecule has 4 heteroatoms. The topological polar surface area (TPSA) is 67.8 Å². The Labute approximate surface area is 177 Å². The van der Waals surface area contributed by atoms with Crippen LogP contribution in [0.25, 0.3) is 0 Å². The molecule has 8 atom stereocenters. The van der Waals surface area contributed by atoms with E-state index in [1.54, 1.807) is 0 Å². The molecule has 0 spiro atoms. The fraction of sp³-hybridized carbons (Fsp3) is 0.880.